The number of benzene rings is 2. The number of aliphatic carboxylic acids is 1. The van der Waals surface area contributed by atoms with Crippen molar-refractivity contribution < 1.29 is 14.6 Å². The highest BCUT2D eigenvalue weighted by molar-refractivity contribution is 5.73. The van der Waals surface area contributed by atoms with Gasteiger partial charge >= 0.3 is 5.97 Å². The van der Waals surface area contributed by atoms with Gasteiger partial charge in [-0.25, -0.2) is 0 Å². The van der Waals surface area contributed by atoms with Crippen molar-refractivity contribution in [3.05, 3.63) is 65.7 Å². The Morgan fingerprint density at radius 1 is 1.05 bits per heavy atom. The maximum atomic E-state index is 10.7. The molecule has 21 heavy (non-hydrogen) atoms. The summed E-state index contributed by atoms with van der Waals surface area (Å²) < 4.78 is 5.67. The first kappa shape index (κ1) is 15.1. The lowest BCUT2D eigenvalue weighted by molar-refractivity contribution is -0.138. The van der Waals surface area contributed by atoms with Gasteiger partial charge in [-0.3, -0.25) is 4.79 Å². The van der Waals surface area contributed by atoms with Crippen molar-refractivity contribution in [3.63, 3.8) is 0 Å². The van der Waals surface area contributed by atoms with Crippen molar-refractivity contribution in [2.45, 2.75) is 18.9 Å². The summed E-state index contributed by atoms with van der Waals surface area (Å²) in [5.41, 5.74) is 7.63. The number of nitrogens with two attached hydrogens (primary N) is 1. The quantitative estimate of drug-likeness (QED) is 0.818. The number of hydrogen-bond acceptors (Lipinski definition) is 3. The van der Waals surface area contributed by atoms with Gasteiger partial charge in [0.05, 0.1) is 6.61 Å². The number of rotatable bonds is 7. The van der Waals surface area contributed by atoms with Gasteiger partial charge in [-0.15, -0.1) is 0 Å². The number of carbonyl (C=O) groups is 1. The van der Waals surface area contributed by atoms with E-state index in [9.17, 15) is 4.79 Å². The molecule has 0 bridgehead atoms. The molecule has 0 aromatic heterocycles. The summed E-state index contributed by atoms with van der Waals surface area (Å²) in [4.78, 5) is 10.7. The Morgan fingerprint density at radius 3 is 2.33 bits per heavy atom. The Labute approximate surface area is 124 Å². The summed E-state index contributed by atoms with van der Waals surface area (Å²) in [6, 6.07) is 16.7. The SMILES string of the molecule is N[C@@H](Cc1ccc(OCCc2ccccc2)cc1)C(=O)O. The molecule has 0 aliphatic rings. The first-order valence-electron chi connectivity index (χ1n) is 6.89. The third-order valence-corrected chi connectivity index (χ3v) is 3.20. The molecule has 0 spiro atoms. The maximum absolute atomic E-state index is 10.7. The van der Waals surface area contributed by atoms with Crippen LogP contribution in [0.15, 0.2) is 54.6 Å². The van der Waals surface area contributed by atoms with Crippen molar-refractivity contribution in [2.75, 3.05) is 6.61 Å². The van der Waals surface area contributed by atoms with E-state index in [2.05, 4.69) is 12.1 Å². The van der Waals surface area contributed by atoms with E-state index >= 15 is 0 Å². The van der Waals surface area contributed by atoms with Crippen LogP contribution < -0.4 is 10.5 Å². The second kappa shape index (κ2) is 7.45. The fourth-order valence-electron chi connectivity index (χ4n) is 1.99. The van der Waals surface area contributed by atoms with Gasteiger partial charge in [-0.1, -0.05) is 42.5 Å². The number of hydrogen-bond donors (Lipinski definition) is 2. The molecule has 0 unspecified atom stereocenters. The number of carboxylic acids is 1. The molecule has 0 aliphatic carbocycles. The Hall–Kier alpha value is -2.33. The normalized spacial score (nSPS) is 11.9. The average Bonchev–Trinajstić information content (AvgIpc) is 2.50. The van der Waals surface area contributed by atoms with Crippen LogP contribution >= 0.6 is 0 Å². The molecule has 0 fully saturated rings. The maximum Gasteiger partial charge on any atom is 0.320 e. The molecule has 1 atom stereocenters. The third-order valence-electron chi connectivity index (χ3n) is 3.20. The first-order valence-corrected chi connectivity index (χ1v) is 6.89. The molecule has 4 nitrogen and oxygen atoms in total. The standard InChI is InChI=1S/C17H19NO3/c18-16(17(19)20)12-14-6-8-15(9-7-14)21-11-10-13-4-2-1-3-5-13/h1-9,16H,10-12,18H2,(H,19,20)/t16-/m0/s1. The second-order valence-electron chi connectivity index (χ2n) is 4.88. The van der Waals surface area contributed by atoms with Crippen LogP contribution in [0.5, 0.6) is 5.75 Å². The van der Waals surface area contributed by atoms with Crippen molar-refractivity contribution in [3.8, 4) is 5.75 Å². The minimum absolute atomic E-state index is 0.319. The highest BCUT2D eigenvalue weighted by Gasteiger charge is 2.11. The summed E-state index contributed by atoms with van der Waals surface area (Å²) in [6.45, 7) is 0.609. The van der Waals surface area contributed by atoms with E-state index in [1.807, 2.05) is 42.5 Å². The molecule has 0 aliphatic heterocycles. The third kappa shape index (κ3) is 4.93. The molecule has 2 aromatic carbocycles. The molecule has 3 N–H and O–H groups in total. The zero-order valence-electron chi connectivity index (χ0n) is 11.7. The lowest BCUT2D eigenvalue weighted by Crippen LogP contribution is -2.32. The molecule has 4 heteroatoms. The second-order valence-corrected chi connectivity index (χ2v) is 4.88. The monoisotopic (exact) mass is 285 g/mol. The highest BCUT2D eigenvalue weighted by atomic mass is 16.5. The summed E-state index contributed by atoms with van der Waals surface area (Å²) in [5, 5.41) is 8.77. The van der Waals surface area contributed by atoms with Crippen molar-refractivity contribution in [1.29, 1.82) is 0 Å². The predicted octanol–water partition coefficient (Wildman–Crippen LogP) is 2.26. The Kier molecular flexibility index (Phi) is 5.35. The van der Waals surface area contributed by atoms with Gasteiger partial charge in [0.15, 0.2) is 0 Å². The molecule has 0 amide bonds. The van der Waals surface area contributed by atoms with Gasteiger partial charge < -0.3 is 15.6 Å². The number of ether oxygens (including phenoxy) is 1. The zero-order valence-corrected chi connectivity index (χ0v) is 11.7. The Morgan fingerprint density at radius 2 is 1.71 bits per heavy atom. The van der Waals surface area contributed by atoms with Crippen molar-refractivity contribution in [1.82, 2.24) is 0 Å². The minimum Gasteiger partial charge on any atom is -0.493 e. The lowest BCUT2D eigenvalue weighted by Gasteiger charge is -2.09. The minimum atomic E-state index is -0.988. The van der Waals surface area contributed by atoms with Crippen LogP contribution in [0.4, 0.5) is 0 Å². The smallest absolute Gasteiger partial charge is 0.320 e. The van der Waals surface area contributed by atoms with E-state index in [0.29, 0.717) is 13.0 Å². The van der Waals surface area contributed by atoms with Crippen LogP contribution in [0.3, 0.4) is 0 Å². The predicted molar refractivity (Wildman–Crippen MR) is 81.4 cm³/mol. The molecule has 2 rings (SSSR count). The topological polar surface area (TPSA) is 72.5 Å². The molecule has 0 radical (unpaired) electrons. The van der Waals surface area contributed by atoms with Gasteiger partial charge in [0.2, 0.25) is 0 Å². The van der Waals surface area contributed by atoms with Gasteiger partial charge in [0, 0.05) is 6.42 Å². The van der Waals surface area contributed by atoms with Crippen molar-refractivity contribution in [2.24, 2.45) is 5.73 Å². The van der Waals surface area contributed by atoms with Crippen LogP contribution in [0.25, 0.3) is 0 Å². The number of carboxylic acid groups (broad SMARTS) is 1. The molecule has 0 saturated carbocycles. The summed E-state index contributed by atoms with van der Waals surface area (Å²) in [5.74, 6) is -0.211. The van der Waals surface area contributed by atoms with Crippen LogP contribution in [0.1, 0.15) is 11.1 Å². The summed E-state index contributed by atoms with van der Waals surface area (Å²) >= 11 is 0. The first-order chi connectivity index (χ1) is 10.1. The zero-order chi connectivity index (χ0) is 15.1. The van der Waals surface area contributed by atoms with Crippen LogP contribution in [-0.2, 0) is 17.6 Å². The van der Waals surface area contributed by atoms with Crippen LogP contribution in [0.2, 0.25) is 0 Å². The molecular weight excluding hydrogens is 266 g/mol. The van der Waals surface area contributed by atoms with E-state index < -0.39 is 12.0 Å². The van der Waals surface area contributed by atoms with Gasteiger partial charge in [0.1, 0.15) is 11.8 Å². The summed E-state index contributed by atoms with van der Waals surface area (Å²) in [6.07, 6.45) is 1.17. The van der Waals surface area contributed by atoms with Crippen LogP contribution in [0, 0.1) is 0 Å². The van der Waals surface area contributed by atoms with Gasteiger partial charge in [0.25, 0.3) is 0 Å². The molecule has 2 aromatic rings. The van der Waals surface area contributed by atoms with Crippen molar-refractivity contribution >= 4 is 5.97 Å². The van der Waals surface area contributed by atoms with E-state index in [1.165, 1.54) is 5.56 Å². The van der Waals surface area contributed by atoms with E-state index in [1.54, 1.807) is 0 Å². The Bertz CT molecular complexity index is 566. The fraction of sp³-hybridized carbons (Fsp3) is 0.235. The van der Waals surface area contributed by atoms with Gasteiger partial charge in [-0.05, 0) is 29.7 Å². The largest absolute Gasteiger partial charge is 0.493 e. The molecule has 0 heterocycles. The van der Waals surface area contributed by atoms with E-state index in [0.717, 1.165) is 17.7 Å². The van der Waals surface area contributed by atoms with E-state index in [-0.39, 0.29) is 0 Å². The molecule has 110 valence electrons. The highest BCUT2D eigenvalue weighted by Crippen LogP contribution is 2.14. The average molecular weight is 285 g/mol. The molecule has 0 saturated heterocycles. The van der Waals surface area contributed by atoms with Gasteiger partial charge in [-0.2, -0.15) is 0 Å². The Balaban J connectivity index is 1.81. The van der Waals surface area contributed by atoms with E-state index in [4.69, 9.17) is 15.6 Å². The molecular formula is C17H19NO3. The fourth-order valence-corrected chi connectivity index (χ4v) is 1.99. The van der Waals surface area contributed by atoms with Crippen LogP contribution in [-0.4, -0.2) is 23.7 Å². The summed E-state index contributed by atoms with van der Waals surface area (Å²) in [7, 11) is 0. The lowest BCUT2D eigenvalue weighted by atomic mass is 10.1.